The smallest absolute Gasteiger partial charge is 0.309 e. The van der Waals surface area contributed by atoms with E-state index < -0.39 is 12.1 Å². The van der Waals surface area contributed by atoms with E-state index in [2.05, 4.69) is 142 Å². The zero-order valence-corrected chi connectivity index (χ0v) is 54.2. The Balaban J connectivity index is 4.42. The second-order valence-corrected chi connectivity index (χ2v) is 22.7. The minimum absolute atomic E-state index is 0.117. The second kappa shape index (κ2) is 70.0. The summed E-state index contributed by atoms with van der Waals surface area (Å²) in [5.41, 5.74) is 0. The molecule has 0 aromatic heterocycles. The standard InChI is InChI=1S/C77H128O6/c1-4-7-10-13-16-19-22-25-28-30-32-34-36-38-40-42-44-46-49-52-55-58-61-64-67-70-76(79)82-73-74(72-81-75(78)69-66-63-60-57-54-51-48-27-24-21-18-15-12-9-6-3)83-77(80)71-68-65-62-59-56-53-50-47-45-43-41-39-37-35-33-31-29-26-23-20-17-14-11-8-5-2/h7,9-10,12,16,18-19,21,25,27-28,32,34,38,40,44,46,48,54,57,63,66,74H,4-6,8,11,13-15,17,20,22-24,26,29-31,33,35-37,39,41-43,45,47,49-53,55-56,58-62,64-65,67-73H2,1-3H3/b10-7-,12-9-,19-16-,21-18-,28-25-,34-32-,40-38-,46-44-,48-27-,57-54-,66-63-. The zero-order chi connectivity index (χ0) is 59.9. The van der Waals surface area contributed by atoms with E-state index in [4.69, 9.17) is 14.2 Å². The maximum Gasteiger partial charge on any atom is 0.309 e. The number of ether oxygens (including phenoxy) is 3. The van der Waals surface area contributed by atoms with Gasteiger partial charge in [-0.15, -0.1) is 0 Å². The third-order valence-electron chi connectivity index (χ3n) is 14.7. The normalized spacial score (nSPS) is 13.0. The summed E-state index contributed by atoms with van der Waals surface area (Å²) in [7, 11) is 0. The zero-order valence-electron chi connectivity index (χ0n) is 54.2. The average Bonchev–Trinajstić information content (AvgIpc) is 3.49. The number of allylic oxidation sites excluding steroid dienone is 21. The molecule has 0 heterocycles. The Morgan fingerprint density at radius 1 is 0.265 bits per heavy atom. The van der Waals surface area contributed by atoms with Crippen LogP contribution in [-0.2, 0) is 28.6 Å². The molecule has 1 atom stereocenters. The molecule has 0 radical (unpaired) electrons. The molecule has 0 bridgehead atoms. The number of carbonyl (C=O) groups excluding carboxylic acids is 3. The Labute approximate surface area is 513 Å². The summed E-state index contributed by atoms with van der Waals surface area (Å²) in [6.45, 7) is 6.34. The van der Waals surface area contributed by atoms with E-state index >= 15 is 0 Å². The first-order valence-corrected chi connectivity index (χ1v) is 34.7. The first kappa shape index (κ1) is 78.5. The molecule has 0 amide bonds. The Morgan fingerprint density at radius 3 is 0.843 bits per heavy atom. The number of unbranched alkanes of at least 4 members (excludes halogenated alkanes) is 30. The number of hydrogen-bond acceptors (Lipinski definition) is 6. The lowest BCUT2D eigenvalue weighted by Crippen LogP contribution is -2.30. The molecular formula is C77H128O6. The highest BCUT2D eigenvalue weighted by Crippen LogP contribution is 2.17. The lowest BCUT2D eigenvalue weighted by molar-refractivity contribution is -0.166. The summed E-state index contributed by atoms with van der Waals surface area (Å²) in [5, 5.41) is 0. The third-order valence-corrected chi connectivity index (χ3v) is 14.7. The van der Waals surface area contributed by atoms with Crippen molar-refractivity contribution in [2.75, 3.05) is 13.2 Å². The van der Waals surface area contributed by atoms with Crippen LogP contribution in [0.5, 0.6) is 0 Å². The summed E-state index contributed by atoms with van der Waals surface area (Å²) in [4.78, 5) is 38.4. The van der Waals surface area contributed by atoms with Crippen LogP contribution in [0.15, 0.2) is 134 Å². The fourth-order valence-corrected chi connectivity index (χ4v) is 9.58. The largest absolute Gasteiger partial charge is 0.462 e. The first-order chi connectivity index (χ1) is 41.0. The Morgan fingerprint density at radius 2 is 0.518 bits per heavy atom. The number of hydrogen-bond donors (Lipinski definition) is 0. The number of carbonyl (C=O) groups is 3. The van der Waals surface area contributed by atoms with Gasteiger partial charge < -0.3 is 14.2 Å². The van der Waals surface area contributed by atoms with Crippen molar-refractivity contribution >= 4 is 17.9 Å². The van der Waals surface area contributed by atoms with E-state index in [0.717, 1.165) is 122 Å². The lowest BCUT2D eigenvalue weighted by atomic mass is 10.0. The van der Waals surface area contributed by atoms with Gasteiger partial charge in [0.25, 0.3) is 0 Å². The Hall–Kier alpha value is -4.45. The molecule has 0 rings (SSSR count). The van der Waals surface area contributed by atoms with Crippen molar-refractivity contribution in [3.8, 4) is 0 Å². The van der Waals surface area contributed by atoms with Crippen LogP contribution in [0.3, 0.4) is 0 Å². The average molecular weight is 1150 g/mol. The summed E-state index contributed by atoms with van der Waals surface area (Å²) in [6.07, 6.45) is 99.3. The lowest BCUT2D eigenvalue weighted by Gasteiger charge is -2.18. The fraction of sp³-hybridized carbons (Fsp3) is 0.675. The van der Waals surface area contributed by atoms with Crippen molar-refractivity contribution in [1.82, 2.24) is 0 Å². The molecule has 0 N–H and O–H groups in total. The molecule has 83 heavy (non-hydrogen) atoms. The quantitative estimate of drug-likeness (QED) is 0.0261. The van der Waals surface area contributed by atoms with Crippen LogP contribution in [0.4, 0.5) is 0 Å². The van der Waals surface area contributed by atoms with Gasteiger partial charge >= 0.3 is 17.9 Å². The first-order valence-electron chi connectivity index (χ1n) is 34.7. The van der Waals surface area contributed by atoms with Gasteiger partial charge in [-0.25, -0.2) is 0 Å². The van der Waals surface area contributed by atoms with Crippen molar-refractivity contribution in [3.05, 3.63) is 134 Å². The molecule has 0 spiro atoms. The molecule has 0 fully saturated rings. The maximum atomic E-state index is 13.0. The van der Waals surface area contributed by atoms with Gasteiger partial charge in [-0.1, -0.05) is 334 Å². The minimum atomic E-state index is -0.830. The van der Waals surface area contributed by atoms with Crippen molar-refractivity contribution in [3.63, 3.8) is 0 Å². The van der Waals surface area contributed by atoms with Crippen molar-refractivity contribution in [2.45, 2.75) is 322 Å². The molecule has 0 aliphatic heterocycles. The van der Waals surface area contributed by atoms with Gasteiger partial charge in [-0.3, -0.25) is 14.4 Å². The third kappa shape index (κ3) is 68.2. The topological polar surface area (TPSA) is 78.9 Å². The van der Waals surface area contributed by atoms with Crippen LogP contribution in [0.25, 0.3) is 0 Å². The van der Waals surface area contributed by atoms with E-state index in [-0.39, 0.29) is 31.6 Å². The highest BCUT2D eigenvalue weighted by atomic mass is 16.6. The predicted molar refractivity (Wildman–Crippen MR) is 362 cm³/mol. The predicted octanol–water partition coefficient (Wildman–Crippen LogP) is 24.1. The van der Waals surface area contributed by atoms with Crippen LogP contribution in [0.1, 0.15) is 316 Å². The Bertz CT molecular complexity index is 1750. The van der Waals surface area contributed by atoms with Gasteiger partial charge in [0.05, 0.1) is 6.42 Å². The van der Waals surface area contributed by atoms with Crippen LogP contribution >= 0.6 is 0 Å². The van der Waals surface area contributed by atoms with Crippen molar-refractivity contribution < 1.29 is 28.6 Å². The van der Waals surface area contributed by atoms with Gasteiger partial charge in [-0.2, -0.15) is 0 Å². The molecule has 6 heteroatoms. The van der Waals surface area contributed by atoms with Gasteiger partial charge in [0, 0.05) is 12.8 Å². The summed E-state index contributed by atoms with van der Waals surface area (Å²) < 4.78 is 16.9. The molecule has 0 saturated heterocycles. The molecule has 0 aliphatic carbocycles. The molecule has 0 aromatic rings. The van der Waals surface area contributed by atoms with Gasteiger partial charge in [0.1, 0.15) is 13.2 Å². The highest BCUT2D eigenvalue weighted by Gasteiger charge is 2.19. The molecule has 0 aromatic carbocycles. The Kier molecular flexibility index (Phi) is 66.3. The van der Waals surface area contributed by atoms with Gasteiger partial charge in [-0.05, 0) is 96.3 Å². The number of esters is 3. The van der Waals surface area contributed by atoms with Crippen molar-refractivity contribution in [1.29, 1.82) is 0 Å². The molecule has 472 valence electrons. The van der Waals surface area contributed by atoms with Crippen LogP contribution in [0.2, 0.25) is 0 Å². The summed E-state index contributed by atoms with van der Waals surface area (Å²) in [5.74, 6) is -1.06. The monoisotopic (exact) mass is 1150 g/mol. The maximum absolute atomic E-state index is 13.0. The van der Waals surface area contributed by atoms with Gasteiger partial charge in [0.2, 0.25) is 0 Å². The van der Waals surface area contributed by atoms with E-state index in [9.17, 15) is 14.4 Å². The van der Waals surface area contributed by atoms with Gasteiger partial charge in [0.15, 0.2) is 6.10 Å². The summed E-state index contributed by atoms with van der Waals surface area (Å²) >= 11 is 0. The molecular weight excluding hydrogens is 1020 g/mol. The van der Waals surface area contributed by atoms with E-state index in [1.54, 1.807) is 6.08 Å². The van der Waals surface area contributed by atoms with Crippen molar-refractivity contribution in [2.24, 2.45) is 0 Å². The van der Waals surface area contributed by atoms with E-state index in [0.29, 0.717) is 12.8 Å². The summed E-state index contributed by atoms with van der Waals surface area (Å²) in [6, 6.07) is 0. The van der Waals surface area contributed by atoms with Crippen LogP contribution in [-0.4, -0.2) is 37.2 Å². The highest BCUT2D eigenvalue weighted by molar-refractivity contribution is 5.72. The molecule has 1 unspecified atom stereocenters. The molecule has 0 aliphatic rings. The van der Waals surface area contributed by atoms with E-state index in [1.807, 2.05) is 6.08 Å². The minimum Gasteiger partial charge on any atom is -0.462 e. The second-order valence-electron chi connectivity index (χ2n) is 22.7. The van der Waals surface area contributed by atoms with Crippen LogP contribution < -0.4 is 0 Å². The van der Waals surface area contributed by atoms with Crippen LogP contribution in [0, 0.1) is 0 Å². The SMILES string of the molecule is CC/C=C\C/C=C\C/C=C\C/C=C\C/C=C\C/C=C\CCCCCCCCC(=O)OCC(COC(=O)C/C=C\C/C=C\C/C=C\C/C=C\C/C=C\CC)OC(=O)CCCCCCCCCCCCCCCCCCCCCCCCCCC. The fourth-order valence-electron chi connectivity index (χ4n) is 9.58. The molecule has 0 saturated carbocycles. The van der Waals surface area contributed by atoms with E-state index in [1.165, 1.54) is 154 Å². The molecule has 6 nitrogen and oxygen atoms in total. The number of rotatable bonds is 62.